The molecule has 20 heavy (non-hydrogen) atoms. The Kier molecular flexibility index (Phi) is 6.49. The van der Waals surface area contributed by atoms with Crippen molar-refractivity contribution in [2.75, 3.05) is 17.6 Å². The summed E-state index contributed by atoms with van der Waals surface area (Å²) in [4.78, 5) is 0.393. The Morgan fingerprint density at radius 2 is 1.90 bits per heavy atom. The summed E-state index contributed by atoms with van der Waals surface area (Å²) in [5.74, 6) is 0.565. The lowest BCUT2D eigenvalue weighted by Gasteiger charge is -2.24. The Morgan fingerprint density at radius 1 is 1.25 bits per heavy atom. The summed E-state index contributed by atoms with van der Waals surface area (Å²) in [5, 5.41) is 3.35. The molecule has 1 rings (SSSR count). The van der Waals surface area contributed by atoms with Gasteiger partial charge < -0.3 is 11.1 Å². The number of hydrogen-bond donors (Lipinski definition) is 2. The molecule has 1 aromatic rings. The maximum atomic E-state index is 12.3. The molecule has 4 nitrogen and oxygen atoms in total. The van der Waals surface area contributed by atoms with E-state index in [0.29, 0.717) is 29.5 Å². The first kappa shape index (κ1) is 17.0. The molecule has 0 aliphatic carbocycles. The lowest BCUT2D eigenvalue weighted by Crippen LogP contribution is -2.29. The molecule has 1 aromatic carbocycles. The summed E-state index contributed by atoms with van der Waals surface area (Å²) < 4.78 is 24.6. The molecule has 0 spiro atoms. The summed E-state index contributed by atoms with van der Waals surface area (Å²) in [6.07, 6.45) is 1.44. The fraction of sp³-hybridized carbons (Fsp3) is 0.600. The third-order valence-corrected chi connectivity index (χ3v) is 5.29. The highest BCUT2D eigenvalue weighted by Crippen LogP contribution is 2.25. The summed E-state index contributed by atoms with van der Waals surface area (Å²) >= 11 is 0. The zero-order valence-corrected chi connectivity index (χ0v) is 13.4. The lowest BCUT2D eigenvalue weighted by atomic mass is 10.0. The molecule has 0 aliphatic heterocycles. The van der Waals surface area contributed by atoms with Crippen LogP contribution in [0.15, 0.2) is 29.2 Å². The molecule has 1 atom stereocenters. The highest BCUT2D eigenvalue weighted by molar-refractivity contribution is 7.91. The molecule has 0 aromatic heterocycles. The largest absolute Gasteiger partial charge is 0.381 e. The van der Waals surface area contributed by atoms with E-state index >= 15 is 0 Å². The van der Waals surface area contributed by atoms with E-state index < -0.39 is 9.84 Å². The molecular weight excluding hydrogens is 272 g/mol. The van der Waals surface area contributed by atoms with Crippen molar-refractivity contribution >= 4 is 15.5 Å². The van der Waals surface area contributed by atoms with Crippen LogP contribution in [0.5, 0.6) is 0 Å². The van der Waals surface area contributed by atoms with Crippen LogP contribution >= 0.6 is 0 Å². The number of hydrogen-bond acceptors (Lipinski definition) is 4. The van der Waals surface area contributed by atoms with Gasteiger partial charge in [-0.25, -0.2) is 8.42 Å². The van der Waals surface area contributed by atoms with Crippen molar-refractivity contribution in [3.05, 3.63) is 24.3 Å². The molecule has 0 aliphatic rings. The molecule has 0 saturated carbocycles. The van der Waals surface area contributed by atoms with Gasteiger partial charge in [-0.1, -0.05) is 32.9 Å². The number of anilines is 1. The van der Waals surface area contributed by atoms with E-state index in [0.717, 1.165) is 6.42 Å². The molecule has 0 radical (unpaired) electrons. The molecule has 0 amide bonds. The second-order valence-corrected chi connectivity index (χ2v) is 7.46. The third-order valence-electron chi connectivity index (χ3n) is 3.32. The molecule has 3 N–H and O–H groups in total. The van der Waals surface area contributed by atoms with Gasteiger partial charge in [-0.3, -0.25) is 0 Å². The number of rotatable bonds is 8. The molecule has 0 bridgehead atoms. The van der Waals surface area contributed by atoms with Gasteiger partial charge in [-0.05, 0) is 37.4 Å². The van der Waals surface area contributed by atoms with Crippen LogP contribution in [-0.2, 0) is 9.84 Å². The van der Waals surface area contributed by atoms with Crippen LogP contribution in [0.3, 0.4) is 0 Å². The Labute approximate surface area is 122 Å². The Bertz CT molecular complexity index is 512. The molecule has 0 saturated heterocycles. The first-order valence-electron chi connectivity index (χ1n) is 7.20. The quantitative estimate of drug-likeness (QED) is 0.774. The Morgan fingerprint density at radius 3 is 2.45 bits per heavy atom. The smallest absolute Gasteiger partial charge is 0.180 e. The van der Waals surface area contributed by atoms with Crippen molar-refractivity contribution in [1.82, 2.24) is 0 Å². The van der Waals surface area contributed by atoms with Crippen molar-refractivity contribution in [1.29, 1.82) is 0 Å². The molecule has 1 unspecified atom stereocenters. The minimum absolute atomic E-state index is 0.176. The van der Waals surface area contributed by atoms with Gasteiger partial charge in [0.2, 0.25) is 0 Å². The summed E-state index contributed by atoms with van der Waals surface area (Å²) in [7, 11) is -3.22. The van der Waals surface area contributed by atoms with Crippen LogP contribution in [0.25, 0.3) is 0 Å². The summed E-state index contributed by atoms with van der Waals surface area (Å²) in [5.41, 5.74) is 6.32. The van der Waals surface area contributed by atoms with E-state index in [1.807, 2.05) is 19.1 Å². The van der Waals surface area contributed by atoms with Crippen LogP contribution in [0.1, 0.15) is 33.6 Å². The second-order valence-electron chi connectivity index (χ2n) is 5.39. The van der Waals surface area contributed by atoms with Crippen LogP contribution < -0.4 is 11.1 Å². The fourth-order valence-electron chi connectivity index (χ4n) is 2.19. The average molecular weight is 298 g/mol. The van der Waals surface area contributed by atoms with Gasteiger partial charge >= 0.3 is 0 Å². The number of benzene rings is 1. The van der Waals surface area contributed by atoms with Gasteiger partial charge in [0.1, 0.15) is 0 Å². The zero-order chi connectivity index (χ0) is 15.2. The van der Waals surface area contributed by atoms with Gasteiger partial charge in [0.05, 0.1) is 16.3 Å². The highest BCUT2D eigenvalue weighted by atomic mass is 32.2. The van der Waals surface area contributed by atoms with Crippen LogP contribution in [0, 0.1) is 5.92 Å². The Balaban J connectivity index is 3.07. The van der Waals surface area contributed by atoms with E-state index in [1.165, 1.54) is 0 Å². The summed E-state index contributed by atoms with van der Waals surface area (Å²) in [6.45, 7) is 6.67. The predicted octanol–water partition coefficient (Wildman–Crippen LogP) is 2.66. The van der Waals surface area contributed by atoms with Gasteiger partial charge in [-0.2, -0.15) is 0 Å². The number of nitrogens with one attached hydrogen (secondary N) is 1. The van der Waals surface area contributed by atoms with Crippen LogP contribution in [0.4, 0.5) is 5.69 Å². The third kappa shape index (κ3) is 4.49. The topological polar surface area (TPSA) is 72.2 Å². The Hall–Kier alpha value is -1.07. The zero-order valence-electron chi connectivity index (χ0n) is 12.6. The van der Waals surface area contributed by atoms with Crippen molar-refractivity contribution in [3.8, 4) is 0 Å². The highest BCUT2D eigenvalue weighted by Gasteiger charge is 2.20. The molecule has 5 heteroatoms. The second kappa shape index (κ2) is 7.64. The van der Waals surface area contributed by atoms with Crippen molar-refractivity contribution in [3.63, 3.8) is 0 Å². The summed E-state index contributed by atoms with van der Waals surface area (Å²) in [6, 6.07) is 7.30. The van der Waals surface area contributed by atoms with E-state index in [9.17, 15) is 8.42 Å². The number of para-hydroxylation sites is 1. The molecule has 0 fully saturated rings. The predicted molar refractivity (Wildman–Crippen MR) is 84.7 cm³/mol. The maximum Gasteiger partial charge on any atom is 0.180 e. The maximum absolute atomic E-state index is 12.3. The lowest BCUT2D eigenvalue weighted by molar-refractivity contribution is 0.498. The minimum atomic E-state index is -3.22. The van der Waals surface area contributed by atoms with Gasteiger partial charge in [0.15, 0.2) is 9.84 Å². The van der Waals surface area contributed by atoms with Crippen LogP contribution in [-0.4, -0.2) is 26.8 Å². The van der Waals surface area contributed by atoms with Gasteiger partial charge in [0, 0.05) is 6.04 Å². The monoisotopic (exact) mass is 298 g/mol. The number of sulfone groups is 1. The van der Waals surface area contributed by atoms with Crippen molar-refractivity contribution < 1.29 is 8.42 Å². The van der Waals surface area contributed by atoms with Gasteiger partial charge in [-0.15, -0.1) is 0 Å². The van der Waals surface area contributed by atoms with Crippen LogP contribution in [0.2, 0.25) is 0 Å². The number of nitrogens with two attached hydrogens (primary N) is 1. The van der Waals surface area contributed by atoms with Gasteiger partial charge in [0.25, 0.3) is 0 Å². The first-order valence-corrected chi connectivity index (χ1v) is 8.86. The van der Waals surface area contributed by atoms with Crippen molar-refractivity contribution in [2.45, 2.75) is 44.6 Å². The fourth-order valence-corrected chi connectivity index (χ4v) is 3.69. The van der Waals surface area contributed by atoms with E-state index in [2.05, 4.69) is 19.2 Å². The minimum Gasteiger partial charge on any atom is -0.381 e. The standard InChI is InChI=1S/C15H26N2O2S/c1-4-11-20(18,19)15-8-6-5-7-14(15)17-13(9-10-16)12(2)3/h5-8,12-13,17H,4,9-11,16H2,1-3H3. The van der Waals surface area contributed by atoms with Crippen molar-refractivity contribution in [2.24, 2.45) is 11.7 Å². The van der Waals surface area contributed by atoms with E-state index in [-0.39, 0.29) is 11.8 Å². The van der Waals surface area contributed by atoms with E-state index in [1.54, 1.807) is 12.1 Å². The SMILES string of the molecule is CCCS(=O)(=O)c1ccccc1NC(CCN)C(C)C. The molecular formula is C15H26N2O2S. The first-order chi connectivity index (χ1) is 9.42. The average Bonchev–Trinajstić information content (AvgIpc) is 2.38. The van der Waals surface area contributed by atoms with E-state index in [4.69, 9.17) is 5.73 Å². The molecule has 0 heterocycles. The normalized spacial score (nSPS) is 13.4. The molecule has 114 valence electrons.